The Balaban J connectivity index is 1.26. The van der Waals surface area contributed by atoms with Crippen molar-refractivity contribution in [1.82, 2.24) is 20.0 Å². The molecule has 0 aromatic heterocycles. The van der Waals surface area contributed by atoms with E-state index in [1.165, 1.54) is 16.7 Å². The number of benzene rings is 2. The second kappa shape index (κ2) is 10.8. The molecule has 2 fully saturated rings. The Kier molecular flexibility index (Phi) is 7.66. The van der Waals surface area contributed by atoms with Crippen LogP contribution in [0.5, 0.6) is 5.75 Å². The first-order valence-electron chi connectivity index (χ1n) is 12.0. The molecule has 2 N–H and O–H groups in total. The number of hydrogen-bond acceptors (Lipinski definition) is 4. The molecule has 2 aromatic carbocycles. The molecule has 0 spiro atoms. The number of urea groups is 1. The summed E-state index contributed by atoms with van der Waals surface area (Å²) in [4.78, 5) is 19.7. The zero-order chi connectivity index (χ0) is 22.3. The highest BCUT2D eigenvalue weighted by Gasteiger charge is 2.24. The molecule has 4 rings (SSSR count). The van der Waals surface area contributed by atoms with Crippen LogP contribution in [0.15, 0.2) is 48.5 Å². The van der Waals surface area contributed by atoms with Crippen molar-refractivity contribution in [1.29, 1.82) is 0 Å². The fourth-order valence-corrected chi connectivity index (χ4v) is 4.83. The number of likely N-dealkylation sites (tertiary alicyclic amines) is 1. The highest BCUT2D eigenvalue weighted by molar-refractivity contribution is 5.74. The lowest BCUT2D eigenvalue weighted by Crippen LogP contribution is -2.46. The SMILES string of the molecule is CCN1CCN(Cc2ccccc2CNC(=O)N2CCC(c3ccc(O)cc3)CC2)CC1. The van der Waals surface area contributed by atoms with Crippen LogP contribution in [0.25, 0.3) is 0 Å². The second-order valence-corrected chi connectivity index (χ2v) is 8.99. The van der Waals surface area contributed by atoms with E-state index in [0.717, 1.165) is 65.2 Å². The molecule has 0 radical (unpaired) electrons. The standard InChI is InChI=1S/C26H36N4O2/c1-2-28-15-17-29(18-16-28)20-24-6-4-3-5-23(24)19-27-26(32)30-13-11-22(12-14-30)21-7-9-25(31)10-8-21/h3-10,22,31H,2,11-20H2,1H3,(H,27,32). The summed E-state index contributed by atoms with van der Waals surface area (Å²) >= 11 is 0. The van der Waals surface area contributed by atoms with Crippen LogP contribution >= 0.6 is 0 Å². The summed E-state index contributed by atoms with van der Waals surface area (Å²) in [6.07, 6.45) is 1.91. The Bertz CT molecular complexity index is 870. The summed E-state index contributed by atoms with van der Waals surface area (Å²) in [5.41, 5.74) is 3.76. The number of amides is 2. The normalized spacial score (nSPS) is 18.6. The van der Waals surface area contributed by atoms with Crippen LogP contribution in [0.4, 0.5) is 4.79 Å². The average molecular weight is 437 g/mol. The van der Waals surface area contributed by atoms with Crippen molar-refractivity contribution < 1.29 is 9.90 Å². The first-order valence-corrected chi connectivity index (χ1v) is 12.0. The number of likely N-dealkylation sites (N-methyl/N-ethyl adjacent to an activating group) is 1. The minimum absolute atomic E-state index is 0.0283. The lowest BCUT2D eigenvalue weighted by Gasteiger charge is -2.34. The predicted molar refractivity (Wildman–Crippen MR) is 128 cm³/mol. The molecule has 32 heavy (non-hydrogen) atoms. The van der Waals surface area contributed by atoms with E-state index in [-0.39, 0.29) is 6.03 Å². The van der Waals surface area contributed by atoms with Crippen LogP contribution in [-0.4, -0.2) is 71.7 Å². The monoisotopic (exact) mass is 436 g/mol. The molecule has 0 saturated carbocycles. The highest BCUT2D eigenvalue weighted by atomic mass is 16.3. The number of rotatable bonds is 6. The number of nitrogens with zero attached hydrogens (tertiary/aromatic N) is 3. The second-order valence-electron chi connectivity index (χ2n) is 8.99. The first kappa shape index (κ1) is 22.6. The molecule has 6 heteroatoms. The summed E-state index contributed by atoms with van der Waals surface area (Å²) in [7, 11) is 0. The van der Waals surface area contributed by atoms with E-state index in [0.29, 0.717) is 18.2 Å². The fourth-order valence-electron chi connectivity index (χ4n) is 4.83. The number of hydrogen-bond donors (Lipinski definition) is 2. The molecule has 2 amide bonds. The molecule has 2 aliphatic heterocycles. The van der Waals surface area contributed by atoms with Gasteiger partial charge in [-0.1, -0.05) is 43.3 Å². The number of carbonyl (C=O) groups is 1. The molecule has 2 heterocycles. The predicted octanol–water partition coefficient (Wildman–Crippen LogP) is 3.62. The summed E-state index contributed by atoms with van der Waals surface area (Å²) in [5, 5.41) is 12.6. The van der Waals surface area contributed by atoms with Gasteiger partial charge in [0.2, 0.25) is 0 Å². The third-order valence-electron chi connectivity index (χ3n) is 7.00. The van der Waals surface area contributed by atoms with Crippen molar-refractivity contribution >= 4 is 6.03 Å². The summed E-state index contributed by atoms with van der Waals surface area (Å²) in [6.45, 7) is 10.9. The molecule has 0 unspecified atom stereocenters. The zero-order valence-electron chi connectivity index (χ0n) is 19.2. The summed E-state index contributed by atoms with van der Waals surface area (Å²) < 4.78 is 0. The van der Waals surface area contributed by atoms with Crippen LogP contribution in [0, 0.1) is 0 Å². The molecular weight excluding hydrogens is 400 g/mol. The van der Waals surface area contributed by atoms with Gasteiger partial charge in [-0.25, -0.2) is 4.79 Å². The third kappa shape index (κ3) is 5.81. The van der Waals surface area contributed by atoms with E-state index in [1.807, 2.05) is 17.0 Å². The molecule has 2 saturated heterocycles. The molecule has 0 aliphatic carbocycles. The Hall–Kier alpha value is -2.57. The van der Waals surface area contributed by atoms with Crippen molar-refractivity contribution in [3.8, 4) is 5.75 Å². The number of carbonyl (C=O) groups excluding carboxylic acids is 1. The number of aromatic hydroxyl groups is 1. The van der Waals surface area contributed by atoms with Crippen molar-refractivity contribution in [3.05, 3.63) is 65.2 Å². The smallest absolute Gasteiger partial charge is 0.317 e. The minimum Gasteiger partial charge on any atom is -0.508 e. The average Bonchev–Trinajstić information content (AvgIpc) is 2.84. The largest absolute Gasteiger partial charge is 0.508 e. The van der Waals surface area contributed by atoms with Gasteiger partial charge in [0.25, 0.3) is 0 Å². The van der Waals surface area contributed by atoms with Gasteiger partial charge in [0.1, 0.15) is 5.75 Å². The van der Waals surface area contributed by atoms with Gasteiger partial charge in [-0.3, -0.25) is 4.90 Å². The fraction of sp³-hybridized carbons (Fsp3) is 0.500. The Labute approximate surface area is 191 Å². The first-order chi connectivity index (χ1) is 15.6. The van der Waals surface area contributed by atoms with Gasteiger partial charge < -0.3 is 20.2 Å². The van der Waals surface area contributed by atoms with Crippen LogP contribution in [0.2, 0.25) is 0 Å². The van der Waals surface area contributed by atoms with Crippen LogP contribution in [-0.2, 0) is 13.1 Å². The molecule has 2 aliphatic rings. The van der Waals surface area contributed by atoms with Gasteiger partial charge in [0.15, 0.2) is 0 Å². The Morgan fingerprint density at radius 3 is 2.19 bits per heavy atom. The molecule has 0 bridgehead atoms. The third-order valence-corrected chi connectivity index (χ3v) is 7.00. The van der Waals surface area contributed by atoms with E-state index in [4.69, 9.17) is 0 Å². The van der Waals surface area contributed by atoms with Crippen molar-refractivity contribution in [2.24, 2.45) is 0 Å². The maximum atomic E-state index is 12.8. The lowest BCUT2D eigenvalue weighted by molar-refractivity contribution is 0.131. The highest BCUT2D eigenvalue weighted by Crippen LogP contribution is 2.29. The number of phenolic OH excluding ortho intramolecular Hbond substituents is 1. The molecular formula is C26H36N4O2. The maximum absolute atomic E-state index is 12.8. The van der Waals surface area contributed by atoms with Gasteiger partial charge in [-0.05, 0) is 54.1 Å². The van der Waals surface area contributed by atoms with Crippen molar-refractivity contribution in [2.45, 2.75) is 38.8 Å². The molecule has 0 atom stereocenters. The number of phenols is 1. The molecule has 6 nitrogen and oxygen atoms in total. The van der Waals surface area contributed by atoms with Crippen molar-refractivity contribution in [3.63, 3.8) is 0 Å². The minimum atomic E-state index is 0.0283. The maximum Gasteiger partial charge on any atom is 0.317 e. The van der Waals surface area contributed by atoms with E-state index >= 15 is 0 Å². The quantitative estimate of drug-likeness (QED) is 0.726. The van der Waals surface area contributed by atoms with Crippen LogP contribution < -0.4 is 5.32 Å². The van der Waals surface area contributed by atoms with E-state index in [2.05, 4.69) is 46.3 Å². The van der Waals surface area contributed by atoms with Gasteiger partial charge in [-0.2, -0.15) is 0 Å². The molecule has 172 valence electrons. The number of nitrogens with one attached hydrogen (secondary N) is 1. The van der Waals surface area contributed by atoms with Gasteiger partial charge >= 0.3 is 6.03 Å². The van der Waals surface area contributed by atoms with Gasteiger partial charge in [0.05, 0.1) is 0 Å². The lowest BCUT2D eigenvalue weighted by atomic mass is 9.89. The van der Waals surface area contributed by atoms with E-state index in [9.17, 15) is 9.90 Å². The van der Waals surface area contributed by atoms with Gasteiger partial charge in [0, 0.05) is 52.4 Å². The Morgan fingerprint density at radius 2 is 1.53 bits per heavy atom. The summed E-state index contributed by atoms with van der Waals surface area (Å²) in [5.74, 6) is 0.752. The van der Waals surface area contributed by atoms with E-state index < -0.39 is 0 Å². The van der Waals surface area contributed by atoms with Crippen LogP contribution in [0.3, 0.4) is 0 Å². The zero-order valence-corrected chi connectivity index (χ0v) is 19.2. The van der Waals surface area contributed by atoms with Crippen LogP contribution in [0.1, 0.15) is 42.4 Å². The number of piperazine rings is 1. The van der Waals surface area contributed by atoms with E-state index in [1.54, 1.807) is 12.1 Å². The molecule has 2 aromatic rings. The van der Waals surface area contributed by atoms with Crippen molar-refractivity contribution in [2.75, 3.05) is 45.8 Å². The topological polar surface area (TPSA) is 59.0 Å². The van der Waals surface area contributed by atoms with Gasteiger partial charge in [-0.15, -0.1) is 0 Å². The summed E-state index contributed by atoms with van der Waals surface area (Å²) in [6, 6.07) is 16.0. The number of piperidine rings is 1. The Morgan fingerprint density at radius 1 is 0.906 bits per heavy atom.